The Kier molecular flexibility index (Phi) is 5.86. The molecule has 130 valence electrons. The molecule has 5 nitrogen and oxygen atoms in total. The van der Waals surface area contributed by atoms with Gasteiger partial charge in [0.15, 0.2) is 5.82 Å². The van der Waals surface area contributed by atoms with Crippen molar-refractivity contribution in [1.82, 2.24) is 10.1 Å². The summed E-state index contributed by atoms with van der Waals surface area (Å²) in [5.41, 5.74) is 2.24. The molecule has 0 saturated heterocycles. The summed E-state index contributed by atoms with van der Waals surface area (Å²) >= 11 is 0. The van der Waals surface area contributed by atoms with Crippen LogP contribution in [-0.2, 0) is 17.9 Å². The molecule has 1 aromatic heterocycles. The van der Waals surface area contributed by atoms with Crippen molar-refractivity contribution in [3.05, 3.63) is 41.5 Å². The molecule has 1 heterocycles. The monoisotopic (exact) mass is 329 g/mol. The lowest BCUT2D eigenvalue weighted by Crippen LogP contribution is -2.16. The van der Waals surface area contributed by atoms with E-state index in [9.17, 15) is 0 Å². The van der Waals surface area contributed by atoms with Gasteiger partial charge >= 0.3 is 0 Å². The van der Waals surface area contributed by atoms with Crippen molar-refractivity contribution in [2.45, 2.75) is 71.1 Å². The number of benzene rings is 1. The first-order chi connectivity index (χ1) is 11.7. The van der Waals surface area contributed by atoms with Crippen LogP contribution in [0.15, 0.2) is 28.8 Å². The van der Waals surface area contributed by atoms with Crippen LogP contribution in [0.25, 0.3) is 0 Å². The predicted octanol–water partition coefficient (Wildman–Crippen LogP) is 4.65. The van der Waals surface area contributed by atoms with E-state index >= 15 is 0 Å². The number of nitrogens with one attached hydrogen (secondary N) is 1. The van der Waals surface area contributed by atoms with Crippen molar-refractivity contribution in [3.8, 4) is 0 Å². The normalized spacial score (nSPS) is 15.8. The quantitative estimate of drug-likeness (QED) is 0.801. The van der Waals surface area contributed by atoms with Gasteiger partial charge in [0.1, 0.15) is 0 Å². The highest BCUT2D eigenvalue weighted by Crippen LogP contribution is 2.22. The molecule has 0 radical (unpaired) electrons. The van der Waals surface area contributed by atoms with Crippen molar-refractivity contribution in [2.24, 2.45) is 0 Å². The molecular formula is C19H27N3O2. The van der Waals surface area contributed by atoms with Crippen molar-refractivity contribution in [1.29, 1.82) is 0 Å². The maximum atomic E-state index is 6.05. The maximum absolute atomic E-state index is 6.05. The van der Waals surface area contributed by atoms with Gasteiger partial charge in [0, 0.05) is 11.6 Å². The van der Waals surface area contributed by atoms with Gasteiger partial charge in [-0.15, -0.1) is 0 Å². The molecule has 0 unspecified atom stereocenters. The number of rotatable bonds is 7. The average molecular weight is 329 g/mol. The molecule has 1 aromatic carbocycles. The fourth-order valence-electron chi connectivity index (χ4n) is 2.97. The first-order valence-corrected chi connectivity index (χ1v) is 8.97. The number of ether oxygens (including phenoxy) is 1. The predicted molar refractivity (Wildman–Crippen MR) is 93.8 cm³/mol. The second-order valence-electron chi connectivity index (χ2n) is 6.83. The first-order valence-electron chi connectivity index (χ1n) is 8.97. The minimum Gasteiger partial charge on any atom is -0.376 e. The Morgan fingerprint density at radius 2 is 2.08 bits per heavy atom. The van der Waals surface area contributed by atoms with Gasteiger partial charge in [-0.2, -0.15) is 4.98 Å². The van der Waals surface area contributed by atoms with Crippen LogP contribution in [0.2, 0.25) is 0 Å². The molecule has 1 aliphatic carbocycles. The van der Waals surface area contributed by atoms with Gasteiger partial charge < -0.3 is 14.6 Å². The van der Waals surface area contributed by atoms with E-state index in [0.29, 0.717) is 25.1 Å². The van der Waals surface area contributed by atoms with Gasteiger partial charge in [-0.3, -0.25) is 0 Å². The molecule has 0 amide bonds. The standard InChI is InChI=1S/C19H27N3O2/c1-14(2)19-21-18(24-22-19)12-20-16-8-6-7-15(11-16)13-23-17-9-4-3-5-10-17/h6-8,11,14,17,20H,3-5,9-10,12-13H2,1-2H3. The van der Waals surface area contributed by atoms with Crippen LogP contribution in [0.5, 0.6) is 0 Å². The highest BCUT2D eigenvalue weighted by Gasteiger charge is 2.13. The molecule has 2 aromatic rings. The van der Waals surface area contributed by atoms with E-state index in [4.69, 9.17) is 9.26 Å². The van der Waals surface area contributed by atoms with E-state index < -0.39 is 0 Å². The Labute approximate surface area is 143 Å². The van der Waals surface area contributed by atoms with Gasteiger partial charge in [-0.1, -0.05) is 50.4 Å². The van der Waals surface area contributed by atoms with Crippen LogP contribution in [0.4, 0.5) is 5.69 Å². The van der Waals surface area contributed by atoms with Crippen LogP contribution in [0.3, 0.4) is 0 Å². The van der Waals surface area contributed by atoms with E-state index in [2.05, 4.69) is 47.5 Å². The molecule has 1 saturated carbocycles. The lowest BCUT2D eigenvalue weighted by Gasteiger charge is -2.22. The smallest absolute Gasteiger partial charge is 0.245 e. The van der Waals surface area contributed by atoms with Gasteiger partial charge in [0.05, 0.1) is 19.3 Å². The summed E-state index contributed by atoms with van der Waals surface area (Å²) in [7, 11) is 0. The first kappa shape index (κ1) is 17.0. The number of hydrogen-bond donors (Lipinski definition) is 1. The fourth-order valence-corrected chi connectivity index (χ4v) is 2.97. The Balaban J connectivity index is 1.50. The van der Waals surface area contributed by atoms with Gasteiger partial charge in [-0.05, 0) is 30.5 Å². The summed E-state index contributed by atoms with van der Waals surface area (Å²) in [6, 6.07) is 8.33. The highest BCUT2D eigenvalue weighted by atomic mass is 16.5. The Bertz CT molecular complexity index is 633. The molecule has 0 aliphatic heterocycles. The Morgan fingerprint density at radius 3 is 2.83 bits per heavy atom. The largest absolute Gasteiger partial charge is 0.376 e. The van der Waals surface area contributed by atoms with Crippen LogP contribution in [0.1, 0.15) is 69.1 Å². The van der Waals surface area contributed by atoms with Crippen LogP contribution in [-0.4, -0.2) is 16.2 Å². The third kappa shape index (κ3) is 4.81. The average Bonchev–Trinajstić information content (AvgIpc) is 3.09. The lowest BCUT2D eigenvalue weighted by molar-refractivity contribution is 0.0169. The SMILES string of the molecule is CC(C)c1noc(CNc2cccc(COC3CCCCC3)c2)n1. The molecule has 5 heteroatoms. The zero-order valence-electron chi connectivity index (χ0n) is 14.6. The number of aromatic nitrogens is 2. The molecule has 24 heavy (non-hydrogen) atoms. The van der Waals surface area contributed by atoms with Crippen molar-refractivity contribution in [2.75, 3.05) is 5.32 Å². The minimum absolute atomic E-state index is 0.280. The van der Waals surface area contributed by atoms with Crippen molar-refractivity contribution >= 4 is 5.69 Å². The summed E-state index contributed by atoms with van der Waals surface area (Å²) in [5, 5.41) is 7.32. The van der Waals surface area contributed by atoms with E-state index in [1.807, 2.05) is 6.07 Å². The third-order valence-electron chi connectivity index (χ3n) is 4.41. The second-order valence-corrected chi connectivity index (χ2v) is 6.83. The minimum atomic E-state index is 0.280. The molecule has 1 N–H and O–H groups in total. The number of nitrogens with zero attached hydrogens (tertiary/aromatic N) is 2. The maximum Gasteiger partial charge on any atom is 0.245 e. The van der Waals surface area contributed by atoms with Crippen molar-refractivity contribution in [3.63, 3.8) is 0 Å². The van der Waals surface area contributed by atoms with Gasteiger partial charge in [0.2, 0.25) is 5.89 Å². The molecule has 0 bridgehead atoms. The molecule has 0 spiro atoms. The molecule has 1 fully saturated rings. The zero-order valence-corrected chi connectivity index (χ0v) is 14.6. The summed E-state index contributed by atoms with van der Waals surface area (Å²) in [6.45, 7) is 5.32. The van der Waals surface area contributed by atoms with E-state index in [1.54, 1.807) is 0 Å². The van der Waals surface area contributed by atoms with E-state index in [0.717, 1.165) is 11.5 Å². The van der Waals surface area contributed by atoms with Crippen LogP contribution in [0, 0.1) is 0 Å². The Morgan fingerprint density at radius 1 is 1.25 bits per heavy atom. The van der Waals surface area contributed by atoms with Gasteiger partial charge in [-0.25, -0.2) is 0 Å². The topological polar surface area (TPSA) is 60.2 Å². The molecular weight excluding hydrogens is 302 g/mol. The number of hydrogen-bond acceptors (Lipinski definition) is 5. The highest BCUT2D eigenvalue weighted by molar-refractivity contribution is 5.45. The van der Waals surface area contributed by atoms with Gasteiger partial charge in [0.25, 0.3) is 0 Å². The van der Waals surface area contributed by atoms with Crippen LogP contribution < -0.4 is 5.32 Å². The lowest BCUT2D eigenvalue weighted by atomic mass is 9.98. The third-order valence-corrected chi connectivity index (χ3v) is 4.41. The fraction of sp³-hybridized carbons (Fsp3) is 0.579. The van der Waals surface area contributed by atoms with E-state index in [1.165, 1.54) is 37.7 Å². The summed E-state index contributed by atoms with van der Waals surface area (Å²) in [4.78, 5) is 4.38. The zero-order chi connectivity index (χ0) is 16.8. The molecule has 3 rings (SSSR count). The summed E-state index contributed by atoms with van der Waals surface area (Å²) in [5.74, 6) is 1.65. The Hall–Kier alpha value is -1.88. The van der Waals surface area contributed by atoms with Crippen molar-refractivity contribution < 1.29 is 9.26 Å². The van der Waals surface area contributed by atoms with Crippen LogP contribution >= 0.6 is 0 Å². The van der Waals surface area contributed by atoms with E-state index in [-0.39, 0.29) is 5.92 Å². The summed E-state index contributed by atoms with van der Waals surface area (Å²) in [6.07, 6.45) is 6.79. The number of anilines is 1. The molecule has 0 atom stereocenters. The second kappa shape index (κ2) is 8.29. The molecule has 1 aliphatic rings. The summed E-state index contributed by atoms with van der Waals surface area (Å²) < 4.78 is 11.3.